The standard InChI is InChI=1S/C16H32N2/c1-16(2,3)15(17)10-12-18-11-6-9-14(18)13-7-4-5-8-13/h13-15H,4-12,17H2,1-3H3. The molecular weight excluding hydrogens is 220 g/mol. The van der Waals surface area contributed by atoms with Gasteiger partial charge in [0.05, 0.1) is 0 Å². The molecule has 18 heavy (non-hydrogen) atoms. The fourth-order valence-electron chi connectivity index (χ4n) is 3.74. The molecule has 1 heterocycles. The maximum Gasteiger partial charge on any atom is 0.0124 e. The van der Waals surface area contributed by atoms with Crippen LogP contribution in [0.5, 0.6) is 0 Å². The van der Waals surface area contributed by atoms with E-state index in [4.69, 9.17) is 5.73 Å². The molecular formula is C16H32N2. The van der Waals surface area contributed by atoms with Gasteiger partial charge in [-0.2, -0.15) is 0 Å². The highest BCUT2D eigenvalue weighted by molar-refractivity contribution is 4.88. The first-order valence-corrected chi connectivity index (χ1v) is 7.98. The summed E-state index contributed by atoms with van der Waals surface area (Å²) in [4.78, 5) is 2.75. The lowest BCUT2D eigenvalue weighted by Crippen LogP contribution is -2.41. The maximum absolute atomic E-state index is 6.30. The molecule has 106 valence electrons. The highest BCUT2D eigenvalue weighted by atomic mass is 15.2. The van der Waals surface area contributed by atoms with Gasteiger partial charge in [-0.1, -0.05) is 33.6 Å². The van der Waals surface area contributed by atoms with E-state index in [1.165, 1.54) is 51.6 Å². The van der Waals surface area contributed by atoms with Crippen LogP contribution in [-0.4, -0.2) is 30.1 Å². The second-order valence-corrected chi connectivity index (χ2v) is 7.55. The molecule has 0 aromatic heterocycles. The molecule has 2 rings (SSSR count). The van der Waals surface area contributed by atoms with Crippen LogP contribution in [0.25, 0.3) is 0 Å². The Balaban J connectivity index is 1.81. The monoisotopic (exact) mass is 252 g/mol. The summed E-state index contributed by atoms with van der Waals surface area (Å²) in [5, 5.41) is 0. The highest BCUT2D eigenvalue weighted by Crippen LogP contribution is 2.35. The van der Waals surface area contributed by atoms with Gasteiger partial charge in [-0.3, -0.25) is 0 Å². The molecule has 2 N–H and O–H groups in total. The largest absolute Gasteiger partial charge is 0.327 e. The zero-order valence-corrected chi connectivity index (χ0v) is 12.6. The van der Waals surface area contributed by atoms with E-state index >= 15 is 0 Å². The lowest BCUT2D eigenvalue weighted by Gasteiger charge is -2.33. The summed E-state index contributed by atoms with van der Waals surface area (Å²) in [6, 6.07) is 1.22. The maximum atomic E-state index is 6.30. The third kappa shape index (κ3) is 3.48. The fourth-order valence-corrected chi connectivity index (χ4v) is 3.74. The zero-order valence-electron chi connectivity index (χ0n) is 12.6. The third-order valence-electron chi connectivity index (χ3n) is 5.20. The van der Waals surface area contributed by atoms with Crippen LogP contribution < -0.4 is 5.73 Å². The van der Waals surface area contributed by atoms with Gasteiger partial charge in [0, 0.05) is 12.1 Å². The van der Waals surface area contributed by atoms with Crippen molar-refractivity contribution in [3.63, 3.8) is 0 Å². The Bertz CT molecular complexity index is 250. The molecule has 0 bridgehead atoms. The van der Waals surface area contributed by atoms with Gasteiger partial charge < -0.3 is 10.6 Å². The van der Waals surface area contributed by atoms with Crippen molar-refractivity contribution in [2.24, 2.45) is 17.1 Å². The van der Waals surface area contributed by atoms with Crippen molar-refractivity contribution in [1.29, 1.82) is 0 Å². The number of likely N-dealkylation sites (tertiary alicyclic amines) is 1. The van der Waals surface area contributed by atoms with E-state index in [1.54, 1.807) is 0 Å². The van der Waals surface area contributed by atoms with Crippen LogP contribution >= 0.6 is 0 Å². The molecule has 0 amide bonds. The predicted molar refractivity (Wildman–Crippen MR) is 78.6 cm³/mol. The van der Waals surface area contributed by atoms with Gasteiger partial charge >= 0.3 is 0 Å². The zero-order chi connectivity index (χ0) is 13.2. The molecule has 1 saturated carbocycles. The summed E-state index contributed by atoms with van der Waals surface area (Å²) in [5.41, 5.74) is 6.55. The van der Waals surface area contributed by atoms with Crippen molar-refractivity contribution in [2.45, 2.75) is 77.8 Å². The third-order valence-corrected chi connectivity index (χ3v) is 5.20. The van der Waals surface area contributed by atoms with Crippen LogP contribution in [0.3, 0.4) is 0 Å². The van der Waals surface area contributed by atoms with Crippen molar-refractivity contribution in [1.82, 2.24) is 4.90 Å². The first-order chi connectivity index (χ1) is 8.48. The minimum Gasteiger partial charge on any atom is -0.327 e. The van der Waals surface area contributed by atoms with Crippen LogP contribution in [0.1, 0.15) is 65.7 Å². The van der Waals surface area contributed by atoms with Gasteiger partial charge in [-0.15, -0.1) is 0 Å². The van der Waals surface area contributed by atoms with E-state index in [0.29, 0.717) is 6.04 Å². The number of nitrogens with two attached hydrogens (primary N) is 1. The number of hydrogen-bond acceptors (Lipinski definition) is 2. The molecule has 2 unspecified atom stereocenters. The van der Waals surface area contributed by atoms with Gasteiger partial charge in [0.25, 0.3) is 0 Å². The Hall–Kier alpha value is -0.0800. The predicted octanol–water partition coefficient (Wildman–Crippen LogP) is 3.40. The number of rotatable bonds is 4. The normalized spacial score (nSPS) is 29.0. The van der Waals surface area contributed by atoms with Gasteiger partial charge in [-0.25, -0.2) is 0 Å². The van der Waals surface area contributed by atoms with Crippen LogP contribution in [-0.2, 0) is 0 Å². The molecule has 2 atom stereocenters. The quantitative estimate of drug-likeness (QED) is 0.831. The topological polar surface area (TPSA) is 29.3 Å². The molecule has 2 heteroatoms. The molecule has 2 nitrogen and oxygen atoms in total. The smallest absolute Gasteiger partial charge is 0.0124 e. The van der Waals surface area contributed by atoms with Crippen molar-refractivity contribution >= 4 is 0 Å². The molecule has 1 aliphatic heterocycles. The average molecular weight is 252 g/mol. The van der Waals surface area contributed by atoms with Crippen molar-refractivity contribution in [3.05, 3.63) is 0 Å². The summed E-state index contributed by atoms with van der Waals surface area (Å²) in [5.74, 6) is 0.998. The molecule has 1 saturated heterocycles. The summed E-state index contributed by atoms with van der Waals surface area (Å²) in [7, 11) is 0. The summed E-state index contributed by atoms with van der Waals surface area (Å²) in [6.45, 7) is 9.32. The summed E-state index contributed by atoms with van der Waals surface area (Å²) >= 11 is 0. The van der Waals surface area contributed by atoms with Gasteiger partial charge in [0.2, 0.25) is 0 Å². The van der Waals surface area contributed by atoms with Crippen molar-refractivity contribution < 1.29 is 0 Å². The molecule has 2 fully saturated rings. The number of hydrogen-bond donors (Lipinski definition) is 1. The Morgan fingerprint density at radius 2 is 1.78 bits per heavy atom. The minimum atomic E-state index is 0.253. The van der Waals surface area contributed by atoms with Gasteiger partial charge in [0.15, 0.2) is 0 Å². The highest BCUT2D eigenvalue weighted by Gasteiger charge is 2.33. The fraction of sp³-hybridized carbons (Fsp3) is 1.00. The molecule has 0 spiro atoms. The van der Waals surface area contributed by atoms with Gasteiger partial charge in [-0.05, 0) is 56.5 Å². The second-order valence-electron chi connectivity index (χ2n) is 7.55. The first kappa shape index (κ1) is 14.3. The molecule has 2 aliphatic rings. The summed E-state index contributed by atoms with van der Waals surface area (Å²) in [6.07, 6.45) is 9.90. The molecule has 0 radical (unpaired) electrons. The molecule has 0 aromatic carbocycles. The first-order valence-electron chi connectivity index (χ1n) is 7.98. The van der Waals surface area contributed by atoms with E-state index in [9.17, 15) is 0 Å². The second kappa shape index (κ2) is 5.92. The van der Waals surface area contributed by atoms with Crippen molar-refractivity contribution in [3.8, 4) is 0 Å². The van der Waals surface area contributed by atoms with Crippen LogP contribution in [0, 0.1) is 11.3 Å². The van der Waals surface area contributed by atoms with Crippen LogP contribution in [0.4, 0.5) is 0 Å². The summed E-state index contributed by atoms with van der Waals surface area (Å²) < 4.78 is 0. The molecule has 0 aromatic rings. The van der Waals surface area contributed by atoms with E-state index in [-0.39, 0.29) is 5.41 Å². The Labute approximate surface area is 113 Å². The van der Waals surface area contributed by atoms with E-state index in [0.717, 1.165) is 18.4 Å². The van der Waals surface area contributed by atoms with Crippen LogP contribution in [0.2, 0.25) is 0 Å². The van der Waals surface area contributed by atoms with Crippen LogP contribution in [0.15, 0.2) is 0 Å². The van der Waals surface area contributed by atoms with Gasteiger partial charge in [0.1, 0.15) is 0 Å². The SMILES string of the molecule is CC(C)(C)C(N)CCN1CCCC1C1CCCC1. The van der Waals surface area contributed by atoms with E-state index < -0.39 is 0 Å². The Morgan fingerprint density at radius 3 is 2.39 bits per heavy atom. The van der Waals surface area contributed by atoms with E-state index in [2.05, 4.69) is 25.7 Å². The average Bonchev–Trinajstić information content (AvgIpc) is 2.94. The minimum absolute atomic E-state index is 0.253. The van der Waals surface area contributed by atoms with E-state index in [1.807, 2.05) is 0 Å². The lowest BCUT2D eigenvalue weighted by atomic mass is 9.85. The molecule has 1 aliphatic carbocycles. The lowest BCUT2D eigenvalue weighted by molar-refractivity contribution is 0.172. The Morgan fingerprint density at radius 1 is 1.11 bits per heavy atom. The Kier molecular flexibility index (Phi) is 4.71. The number of nitrogens with zero attached hydrogens (tertiary/aromatic N) is 1. The van der Waals surface area contributed by atoms with Crippen molar-refractivity contribution in [2.75, 3.05) is 13.1 Å².